The molecule has 0 unspecified atom stereocenters. The molecule has 0 aliphatic carbocycles. The Labute approximate surface area is 148 Å². The van der Waals surface area contributed by atoms with Crippen LogP contribution in [-0.4, -0.2) is 28.0 Å². The number of ether oxygens (including phenoxy) is 1. The minimum Gasteiger partial charge on any atom is -0.497 e. The van der Waals surface area contributed by atoms with Gasteiger partial charge in [0, 0.05) is 11.8 Å². The van der Waals surface area contributed by atoms with Crippen LogP contribution in [0.2, 0.25) is 0 Å². The summed E-state index contributed by atoms with van der Waals surface area (Å²) in [4.78, 5) is 11.3. The van der Waals surface area contributed by atoms with Crippen LogP contribution < -0.4 is 14.8 Å². The van der Waals surface area contributed by atoms with Crippen molar-refractivity contribution in [2.45, 2.75) is 11.1 Å². The summed E-state index contributed by atoms with van der Waals surface area (Å²) >= 11 is 0. The molecule has 0 fully saturated rings. The second kappa shape index (κ2) is 7.75. The Bertz CT molecular complexity index is 898. The number of hydrogen-bond donors (Lipinski definition) is 2. The SMILES string of the molecule is COc1cccc(NC(=O)CNS(=O)(=O)c2cccc(C(F)(F)F)c2)c1. The lowest BCUT2D eigenvalue weighted by atomic mass is 10.2. The first-order chi connectivity index (χ1) is 12.1. The van der Waals surface area contributed by atoms with Crippen molar-refractivity contribution in [1.82, 2.24) is 4.72 Å². The van der Waals surface area contributed by atoms with E-state index in [2.05, 4.69) is 5.32 Å². The number of methoxy groups -OCH3 is 1. The van der Waals surface area contributed by atoms with Crippen LogP contribution in [0.25, 0.3) is 0 Å². The Hall–Kier alpha value is -2.59. The highest BCUT2D eigenvalue weighted by molar-refractivity contribution is 7.89. The smallest absolute Gasteiger partial charge is 0.416 e. The van der Waals surface area contributed by atoms with E-state index >= 15 is 0 Å². The fourth-order valence-corrected chi connectivity index (χ4v) is 3.02. The first-order valence-electron chi connectivity index (χ1n) is 7.22. The molecule has 2 rings (SSSR count). The number of anilines is 1. The molecule has 0 aliphatic rings. The van der Waals surface area contributed by atoms with Crippen molar-refractivity contribution in [3.05, 3.63) is 54.1 Å². The van der Waals surface area contributed by atoms with Crippen molar-refractivity contribution in [3.63, 3.8) is 0 Å². The van der Waals surface area contributed by atoms with Crippen molar-refractivity contribution < 1.29 is 31.1 Å². The van der Waals surface area contributed by atoms with Crippen molar-refractivity contribution in [2.24, 2.45) is 0 Å². The third-order valence-electron chi connectivity index (χ3n) is 3.25. The monoisotopic (exact) mass is 388 g/mol. The Morgan fingerprint density at radius 2 is 1.81 bits per heavy atom. The number of nitrogens with one attached hydrogen (secondary N) is 2. The van der Waals surface area contributed by atoms with Gasteiger partial charge in [-0.15, -0.1) is 0 Å². The Balaban J connectivity index is 2.04. The first kappa shape index (κ1) is 19.7. The summed E-state index contributed by atoms with van der Waals surface area (Å²) in [6.07, 6.45) is -4.67. The van der Waals surface area contributed by atoms with Gasteiger partial charge >= 0.3 is 6.18 Å². The van der Waals surface area contributed by atoms with Gasteiger partial charge < -0.3 is 10.1 Å². The van der Waals surface area contributed by atoms with Gasteiger partial charge in [-0.1, -0.05) is 12.1 Å². The lowest BCUT2D eigenvalue weighted by Gasteiger charge is -2.11. The molecule has 0 bridgehead atoms. The lowest BCUT2D eigenvalue weighted by molar-refractivity contribution is -0.137. The van der Waals surface area contributed by atoms with Gasteiger partial charge in [-0.05, 0) is 30.3 Å². The van der Waals surface area contributed by atoms with E-state index in [0.29, 0.717) is 17.5 Å². The average Bonchev–Trinajstić information content (AvgIpc) is 2.60. The molecule has 0 spiro atoms. The second-order valence-electron chi connectivity index (χ2n) is 5.13. The normalized spacial score (nSPS) is 11.8. The molecular weight excluding hydrogens is 373 g/mol. The van der Waals surface area contributed by atoms with Crippen molar-refractivity contribution in [1.29, 1.82) is 0 Å². The van der Waals surface area contributed by atoms with E-state index in [4.69, 9.17) is 4.74 Å². The van der Waals surface area contributed by atoms with Gasteiger partial charge in [-0.2, -0.15) is 13.2 Å². The standard InChI is InChI=1S/C16H15F3N2O4S/c1-25-13-6-3-5-12(9-13)21-15(22)10-20-26(23,24)14-7-2-4-11(8-14)16(17,18)19/h2-9,20H,10H2,1H3,(H,21,22). The summed E-state index contributed by atoms with van der Waals surface area (Å²) in [5.41, 5.74) is -0.714. The number of benzene rings is 2. The van der Waals surface area contributed by atoms with Gasteiger partial charge in [-0.25, -0.2) is 13.1 Å². The minimum absolute atomic E-state index is 0.382. The summed E-state index contributed by atoms with van der Waals surface area (Å²) in [6.45, 7) is -0.643. The fourth-order valence-electron chi connectivity index (χ4n) is 1.99. The molecule has 26 heavy (non-hydrogen) atoms. The maximum atomic E-state index is 12.7. The molecule has 10 heteroatoms. The summed E-state index contributed by atoms with van der Waals surface area (Å²) in [7, 11) is -2.83. The van der Waals surface area contributed by atoms with E-state index in [0.717, 1.165) is 18.2 Å². The van der Waals surface area contributed by atoms with Crippen molar-refractivity contribution in [3.8, 4) is 5.75 Å². The average molecular weight is 388 g/mol. The highest BCUT2D eigenvalue weighted by atomic mass is 32.2. The van der Waals surface area contributed by atoms with Crippen LogP contribution in [0, 0.1) is 0 Å². The fraction of sp³-hybridized carbons (Fsp3) is 0.188. The Morgan fingerprint density at radius 3 is 2.46 bits per heavy atom. The number of carbonyl (C=O) groups excluding carboxylic acids is 1. The molecule has 1 amide bonds. The van der Waals surface area contributed by atoms with E-state index in [1.165, 1.54) is 13.2 Å². The highest BCUT2D eigenvalue weighted by Crippen LogP contribution is 2.30. The molecule has 2 aromatic carbocycles. The molecule has 0 heterocycles. The zero-order chi connectivity index (χ0) is 19.4. The minimum atomic E-state index is -4.67. The predicted molar refractivity (Wildman–Crippen MR) is 88.3 cm³/mol. The van der Waals surface area contributed by atoms with Crippen molar-refractivity contribution >= 4 is 21.6 Å². The number of carbonyl (C=O) groups is 1. The van der Waals surface area contributed by atoms with E-state index in [1.807, 2.05) is 4.72 Å². The summed E-state index contributed by atoms with van der Waals surface area (Å²) < 4.78 is 69.2. The zero-order valence-electron chi connectivity index (χ0n) is 13.5. The maximum Gasteiger partial charge on any atom is 0.416 e. The number of rotatable bonds is 6. The van der Waals surface area contributed by atoms with Crippen LogP contribution in [0.1, 0.15) is 5.56 Å². The van der Waals surface area contributed by atoms with Crippen molar-refractivity contribution in [2.75, 3.05) is 19.0 Å². The Kier molecular flexibility index (Phi) is 5.88. The number of amides is 1. The van der Waals surface area contributed by atoms with Gasteiger partial charge in [0.25, 0.3) is 0 Å². The van der Waals surface area contributed by atoms with Crippen LogP contribution >= 0.6 is 0 Å². The van der Waals surface area contributed by atoms with E-state index < -0.39 is 39.1 Å². The molecule has 0 saturated carbocycles. The summed E-state index contributed by atoms with van der Waals surface area (Å²) in [5, 5.41) is 2.45. The first-order valence-corrected chi connectivity index (χ1v) is 8.71. The zero-order valence-corrected chi connectivity index (χ0v) is 14.3. The highest BCUT2D eigenvalue weighted by Gasteiger charge is 2.31. The Morgan fingerprint density at radius 1 is 1.12 bits per heavy atom. The van der Waals surface area contributed by atoms with Crippen LogP contribution in [0.4, 0.5) is 18.9 Å². The van der Waals surface area contributed by atoms with Crippen LogP contribution in [0.3, 0.4) is 0 Å². The second-order valence-corrected chi connectivity index (χ2v) is 6.90. The third kappa shape index (κ3) is 5.20. The van der Waals surface area contributed by atoms with Gasteiger partial charge in [0.15, 0.2) is 0 Å². The molecule has 0 aromatic heterocycles. The molecule has 0 saturated heterocycles. The van der Waals surface area contributed by atoms with Crippen LogP contribution in [-0.2, 0) is 21.0 Å². The lowest BCUT2D eigenvalue weighted by Crippen LogP contribution is -2.33. The van der Waals surface area contributed by atoms with Gasteiger partial charge in [-0.3, -0.25) is 4.79 Å². The maximum absolute atomic E-state index is 12.7. The van der Waals surface area contributed by atoms with E-state index in [9.17, 15) is 26.4 Å². The summed E-state index contributed by atoms with van der Waals surface area (Å²) in [5.74, 6) is -0.193. The topological polar surface area (TPSA) is 84.5 Å². The molecule has 6 nitrogen and oxygen atoms in total. The molecule has 0 radical (unpaired) electrons. The molecule has 2 aromatic rings. The number of hydrogen-bond acceptors (Lipinski definition) is 4. The molecular formula is C16H15F3N2O4S. The van der Waals surface area contributed by atoms with Crippen LogP contribution in [0.5, 0.6) is 5.75 Å². The molecule has 0 aliphatic heterocycles. The van der Waals surface area contributed by atoms with Gasteiger partial charge in [0.05, 0.1) is 24.1 Å². The number of sulfonamides is 1. The summed E-state index contributed by atoms with van der Waals surface area (Å²) in [6, 6.07) is 9.64. The third-order valence-corrected chi connectivity index (χ3v) is 4.65. The van der Waals surface area contributed by atoms with Gasteiger partial charge in [0.2, 0.25) is 15.9 Å². The quantitative estimate of drug-likeness (QED) is 0.797. The predicted octanol–water partition coefficient (Wildman–Crippen LogP) is 2.63. The van der Waals surface area contributed by atoms with Crippen LogP contribution in [0.15, 0.2) is 53.4 Å². The number of halogens is 3. The molecule has 140 valence electrons. The van der Waals surface area contributed by atoms with E-state index in [-0.39, 0.29) is 0 Å². The molecule has 2 N–H and O–H groups in total. The van der Waals surface area contributed by atoms with Gasteiger partial charge in [0.1, 0.15) is 5.75 Å². The largest absolute Gasteiger partial charge is 0.497 e. The molecule has 0 atom stereocenters. The number of alkyl halides is 3. The van der Waals surface area contributed by atoms with E-state index in [1.54, 1.807) is 18.2 Å².